The van der Waals surface area contributed by atoms with Gasteiger partial charge in [-0.2, -0.15) is 0 Å². The first-order valence-electron chi connectivity index (χ1n) is 8.67. The Labute approximate surface area is 136 Å². The molecule has 1 rings (SSSR count). The van der Waals surface area contributed by atoms with Crippen LogP contribution in [-0.2, 0) is 4.74 Å². The van der Waals surface area contributed by atoms with Crippen molar-refractivity contribution in [2.75, 3.05) is 47.4 Å². The average Bonchev–Trinajstić information content (AvgIpc) is 2.97. The zero-order valence-corrected chi connectivity index (χ0v) is 15.2. The maximum absolute atomic E-state index is 5.30. The second-order valence-electron chi connectivity index (χ2n) is 6.88. The van der Waals surface area contributed by atoms with Crippen LogP contribution in [0.15, 0.2) is 4.99 Å². The molecule has 0 aromatic rings. The summed E-state index contributed by atoms with van der Waals surface area (Å²) in [6.07, 6.45) is 6.43. The van der Waals surface area contributed by atoms with Gasteiger partial charge in [-0.1, -0.05) is 12.8 Å². The summed E-state index contributed by atoms with van der Waals surface area (Å²) in [6, 6.07) is 0.576. The molecule has 1 fully saturated rings. The molecule has 0 amide bonds. The SMILES string of the molecule is CN=C(NCCN(C)C(C)C)NCC1(CCOC)CCCC1. The molecule has 0 bridgehead atoms. The van der Waals surface area contributed by atoms with Gasteiger partial charge in [0.15, 0.2) is 5.96 Å². The van der Waals surface area contributed by atoms with Crippen LogP contribution >= 0.6 is 0 Å². The Morgan fingerprint density at radius 3 is 2.50 bits per heavy atom. The van der Waals surface area contributed by atoms with Crippen molar-refractivity contribution in [2.45, 2.75) is 52.0 Å². The Hall–Kier alpha value is -0.810. The van der Waals surface area contributed by atoms with Gasteiger partial charge in [-0.15, -0.1) is 0 Å². The molecule has 0 heterocycles. The van der Waals surface area contributed by atoms with E-state index in [1.165, 1.54) is 25.7 Å². The van der Waals surface area contributed by atoms with Crippen molar-refractivity contribution >= 4 is 5.96 Å². The van der Waals surface area contributed by atoms with Gasteiger partial charge in [0.05, 0.1) is 0 Å². The number of guanidine groups is 1. The fourth-order valence-corrected chi connectivity index (χ4v) is 3.06. The third-order valence-corrected chi connectivity index (χ3v) is 4.99. The summed E-state index contributed by atoms with van der Waals surface area (Å²) < 4.78 is 5.30. The molecule has 0 saturated heterocycles. The topological polar surface area (TPSA) is 48.9 Å². The van der Waals surface area contributed by atoms with Gasteiger partial charge in [-0.25, -0.2) is 0 Å². The van der Waals surface area contributed by atoms with E-state index in [0.29, 0.717) is 11.5 Å². The second-order valence-corrected chi connectivity index (χ2v) is 6.88. The number of nitrogens with one attached hydrogen (secondary N) is 2. The van der Waals surface area contributed by atoms with E-state index in [-0.39, 0.29) is 0 Å². The van der Waals surface area contributed by atoms with E-state index in [9.17, 15) is 0 Å². The summed E-state index contributed by atoms with van der Waals surface area (Å²) in [5, 5.41) is 6.95. The van der Waals surface area contributed by atoms with Crippen molar-refractivity contribution < 1.29 is 4.74 Å². The quantitative estimate of drug-likeness (QED) is 0.505. The van der Waals surface area contributed by atoms with Gasteiger partial charge < -0.3 is 20.3 Å². The van der Waals surface area contributed by atoms with Crippen molar-refractivity contribution in [1.82, 2.24) is 15.5 Å². The number of hydrogen-bond acceptors (Lipinski definition) is 3. The predicted molar refractivity (Wildman–Crippen MR) is 94.5 cm³/mol. The number of ether oxygens (including phenoxy) is 1. The third kappa shape index (κ3) is 6.53. The number of likely N-dealkylation sites (N-methyl/N-ethyl adjacent to an activating group) is 1. The molecule has 0 radical (unpaired) electrons. The number of aliphatic imine (C=N–C) groups is 1. The summed E-state index contributed by atoms with van der Waals surface area (Å²) in [5.74, 6) is 0.917. The highest BCUT2D eigenvalue weighted by molar-refractivity contribution is 5.79. The summed E-state index contributed by atoms with van der Waals surface area (Å²) in [4.78, 5) is 6.68. The van der Waals surface area contributed by atoms with Crippen molar-refractivity contribution in [3.05, 3.63) is 0 Å². The van der Waals surface area contributed by atoms with Crippen molar-refractivity contribution in [1.29, 1.82) is 0 Å². The summed E-state index contributed by atoms with van der Waals surface area (Å²) in [5.41, 5.74) is 0.391. The molecule has 0 aromatic heterocycles. The maximum atomic E-state index is 5.30. The van der Waals surface area contributed by atoms with Crippen LogP contribution in [0.1, 0.15) is 46.0 Å². The minimum atomic E-state index is 0.391. The Morgan fingerprint density at radius 1 is 1.27 bits per heavy atom. The van der Waals surface area contributed by atoms with Crippen LogP contribution in [0.4, 0.5) is 0 Å². The first kappa shape index (κ1) is 19.2. The minimum Gasteiger partial charge on any atom is -0.385 e. The smallest absolute Gasteiger partial charge is 0.191 e. The highest BCUT2D eigenvalue weighted by atomic mass is 16.5. The average molecular weight is 313 g/mol. The Balaban J connectivity index is 2.35. The first-order chi connectivity index (χ1) is 10.5. The van der Waals surface area contributed by atoms with Crippen LogP contribution in [0.5, 0.6) is 0 Å². The normalized spacial score (nSPS) is 18.2. The van der Waals surface area contributed by atoms with Crippen LogP contribution in [0.3, 0.4) is 0 Å². The molecular formula is C17H36N4O. The molecule has 1 saturated carbocycles. The molecule has 0 unspecified atom stereocenters. The number of rotatable bonds is 9. The van der Waals surface area contributed by atoms with Crippen LogP contribution < -0.4 is 10.6 Å². The largest absolute Gasteiger partial charge is 0.385 e. The molecule has 1 aliphatic carbocycles. The molecule has 0 atom stereocenters. The molecule has 5 heteroatoms. The number of methoxy groups -OCH3 is 1. The predicted octanol–water partition coefficient (Wildman–Crippen LogP) is 2.09. The molecule has 5 nitrogen and oxygen atoms in total. The summed E-state index contributed by atoms with van der Waals surface area (Å²) >= 11 is 0. The minimum absolute atomic E-state index is 0.391. The lowest BCUT2D eigenvalue weighted by atomic mass is 9.83. The molecule has 0 aliphatic heterocycles. The molecule has 130 valence electrons. The lowest BCUT2D eigenvalue weighted by Crippen LogP contribution is -2.45. The van der Waals surface area contributed by atoms with Crippen molar-refractivity contribution in [3.63, 3.8) is 0 Å². The summed E-state index contributed by atoms with van der Waals surface area (Å²) in [7, 11) is 5.79. The Kier molecular flexibility index (Phi) is 8.79. The van der Waals surface area contributed by atoms with E-state index in [0.717, 1.165) is 38.6 Å². The number of hydrogen-bond donors (Lipinski definition) is 2. The van der Waals surface area contributed by atoms with E-state index in [1.807, 2.05) is 7.05 Å². The van der Waals surface area contributed by atoms with Crippen molar-refractivity contribution in [2.24, 2.45) is 10.4 Å². The standard InChI is InChI=1S/C17H36N4O/c1-15(2)21(4)12-11-19-16(18-3)20-14-17(10-13-22-5)8-6-7-9-17/h15H,6-14H2,1-5H3,(H2,18,19,20). The van der Waals surface area contributed by atoms with E-state index < -0.39 is 0 Å². The molecular weight excluding hydrogens is 276 g/mol. The van der Waals surface area contributed by atoms with Crippen LogP contribution in [0.2, 0.25) is 0 Å². The number of nitrogens with zero attached hydrogens (tertiary/aromatic N) is 2. The van der Waals surface area contributed by atoms with Gasteiger partial charge >= 0.3 is 0 Å². The fourth-order valence-electron chi connectivity index (χ4n) is 3.06. The van der Waals surface area contributed by atoms with Gasteiger partial charge in [0.1, 0.15) is 0 Å². The Morgan fingerprint density at radius 2 is 1.95 bits per heavy atom. The zero-order valence-electron chi connectivity index (χ0n) is 15.2. The van der Waals surface area contributed by atoms with E-state index in [2.05, 4.69) is 41.4 Å². The van der Waals surface area contributed by atoms with E-state index in [4.69, 9.17) is 4.74 Å². The maximum Gasteiger partial charge on any atom is 0.191 e. The van der Waals surface area contributed by atoms with Gasteiger partial charge in [0.2, 0.25) is 0 Å². The Bertz CT molecular complexity index is 325. The lowest BCUT2D eigenvalue weighted by Gasteiger charge is -2.30. The molecule has 2 N–H and O–H groups in total. The third-order valence-electron chi connectivity index (χ3n) is 4.99. The first-order valence-corrected chi connectivity index (χ1v) is 8.67. The fraction of sp³-hybridized carbons (Fsp3) is 0.941. The summed E-state index contributed by atoms with van der Waals surface area (Å²) in [6.45, 7) is 8.22. The van der Waals surface area contributed by atoms with Gasteiger partial charge in [-0.05, 0) is 45.6 Å². The highest BCUT2D eigenvalue weighted by Gasteiger charge is 2.33. The monoisotopic (exact) mass is 312 g/mol. The van der Waals surface area contributed by atoms with Crippen LogP contribution in [0.25, 0.3) is 0 Å². The van der Waals surface area contributed by atoms with Gasteiger partial charge in [0.25, 0.3) is 0 Å². The van der Waals surface area contributed by atoms with E-state index in [1.54, 1.807) is 7.11 Å². The van der Waals surface area contributed by atoms with Gasteiger partial charge in [-0.3, -0.25) is 4.99 Å². The molecule has 22 heavy (non-hydrogen) atoms. The lowest BCUT2D eigenvalue weighted by molar-refractivity contribution is 0.138. The zero-order chi connectivity index (χ0) is 16.4. The van der Waals surface area contributed by atoms with Crippen LogP contribution in [0, 0.1) is 5.41 Å². The highest BCUT2D eigenvalue weighted by Crippen LogP contribution is 2.40. The van der Waals surface area contributed by atoms with E-state index >= 15 is 0 Å². The van der Waals surface area contributed by atoms with Gasteiger partial charge in [0, 0.05) is 46.4 Å². The molecule has 0 aromatic carbocycles. The second kappa shape index (κ2) is 10.1. The van der Waals surface area contributed by atoms with Crippen LogP contribution in [-0.4, -0.2) is 64.3 Å². The molecule has 1 aliphatic rings. The molecule has 0 spiro atoms. The van der Waals surface area contributed by atoms with Crippen molar-refractivity contribution in [3.8, 4) is 0 Å².